The average Bonchev–Trinajstić information content (AvgIpc) is 2.64. The van der Waals surface area contributed by atoms with Gasteiger partial charge < -0.3 is 0 Å². The molecular formula is C19H17ClN2O4S2. The van der Waals surface area contributed by atoms with Crippen molar-refractivity contribution in [2.45, 2.75) is 10.6 Å². The topological polar surface area (TPSA) is 92.3 Å². The van der Waals surface area contributed by atoms with E-state index in [1.807, 2.05) is 0 Å². The molecule has 0 aliphatic heterocycles. The number of hydrogen-bond donors (Lipinski definition) is 2. The molecule has 0 radical (unpaired) electrons. The number of para-hydroxylation sites is 1. The Hall–Kier alpha value is -2.55. The second-order valence-electron chi connectivity index (χ2n) is 5.96. The number of hydrogen-bond acceptors (Lipinski definition) is 4. The van der Waals surface area contributed by atoms with E-state index in [0.717, 1.165) is 0 Å². The van der Waals surface area contributed by atoms with Gasteiger partial charge in [0.15, 0.2) is 0 Å². The van der Waals surface area contributed by atoms with Crippen LogP contribution in [0.5, 0.6) is 0 Å². The third kappa shape index (κ3) is 5.25. The zero-order chi connectivity index (χ0) is 20.2. The van der Waals surface area contributed by atoms with Crippen LogP contribution in [0.15, 0.2) is 83.8 Å². The van der Waals surface area contributed by atoms with E-state index in [4.69, 9.17) is 11.6 Å². The Labute approximate surface area is 169 Å². The summed E-state index contributed by atoms with van der Waals surface area (Å²) in [4.78, 5) is -0.0153. The van der Waals surface area contributed by atoms with Crippen molar-refractivity contribution in [3.05, 3.63) is 89.4 Å². The molecule has 3 aromatic rings. The Bertz CT molecular complexity index is 1160. The third-order valence-corrected chi connectivity index (χ3v) is 6.73. The number of anilines is 2. The maximum atomic E-state index is 12.5. The van der Waals surface area contributed by atoms with Gasteiger partial charge in [-0.25, -0.2) is 16.8 Å². The van der Waals surface area contributed by atoms with Crippen molar-refractivity contribution in [2.24, 2.45) is 0 Å². The summed E-state index contributed by atoms with van der Waals surface area (Å²) in [6.45, 7) is 0. The van der Waals surface area contributed by atoms with Gasteiger partial charge in [0, 0.05) is 5.69 Å². The SMILES string of the molecule is O=S(=O)(Cc1ccccc1)Nc1ccc(S(=O)(=O)Nc2ccccc2Cl)cc1. The van der Waals surface area contributed by atoms with Crippen molar-refractivity contribution in [3.8, 4) is 0 Å². The van der Waals surface area contributed by atoms with Crippen LogP contribution in [0, 0.1) is 0 Å². The third-order valence-electron chi connectivity index (χ3n) is 3.76. The molecule has 0 saturated heterocycles. The lowest BCUT2D eigenvalue weighted by atomic mass is 10.2. The van der Waals surface area contributed by atoms with Crippen molar-refractivity contribution >= 4 is 43.0 Å². The maximum Gasteiger partial charge on any atom is 0.261 e. The number of nitrogens with one attached hydrogen (secondary N) is 2. The molecule has 0 aliphatic rings. The minimum Gasteiger partial charge on any atom is -0.283 e. The van der Waals surface area contributed by atoms with Gasteiger partial charge in [-0.1, -0.05) is 54.1 Å². The molecule has 0 bridgehead atoms. The van der Waals surface area contributed by atoms with Gasteiger partial charge in [-0.15, -0.1) is 0 Å². The van der Waals surface area contributed by atoms with Gasteiger partial charge in [0.2, 0.25) is 10.0 Å². The van der Waals surface area contributed by atoms with E-state index in [9.17, 15) is 16.8 Å². The molecule has 3 aromatic carbocycles. The Kier molecular flexibility index (Phi) is 5.93. The summed E-state index contributed by atoms with van der Waals surface area (Å²) in [5.74, 6) is -0.179. The molecule has 0 amide bonds. The van der Waals surface area contributed by atoms with E-state index in [2.05, 4.69) is 9.44 Å². The molecule has 0 saturated carbocycles. The Balaban J connectivity index is 1.73. The van der Waals surface area contributed by atoms with Crippen molar-refractivity contribution in [1.29, 1.82) is 0 Å². The summed E-state index contributed by atoms with van der Waals surface area (Å²) in [6.07, 6.45) is 0. The zero-order valence-corrected chi connectivity index (χ0v) is 16.9. The lowest BCUT2D eigenvalue weighted by molar-refractivity contribution is 0.599. The Morgan fingerprint density at radius 2 is 1.32 bits per heavy atom. The minimum atomic E-state index is -3.86. The highest BCUT2D eigenvalue weighted by Crippen LogP contribution is 2.24. The van der Waals surface area contributed by atoms with Gasteiger partial charge in [-0.3, -0.25) is 9.44 Å². The molecule has 0 aromatic heterocycles. The van der Waals surface area contributed by atoms with Crippen molar-refractivity contribution in [2.75, 3.05) is 9.44 Å². The molecule has 0 fully saturated rings. The van der Waals surface area contributed by atoms with E-state index in [-0.39, 0.29) is 27.0 Å². The van der Waals surface area contributed by atoms with Crippen LogP contribution in [0.25, 0.3) is 0 Å². The number of benzene rings is 3. The van der Waals surface area contributed by atoms with E-state index in [1.54, 1.807) is 54.6 Å². The highest BCUT2D eigenvalue weighted by Gasteiger charge is 2.17. The quantitative estimate of drug-likeness (QED) is 0.583. The lowest BCUT2D eigenvalue weighted by Gasteiger charge is -2.11. The standard InChI is InChI=1S/C19H17ClN2O4S2/c20-18-8-4-5-9-19(18)22-28(25,26)17-12-10-16(11-13-17)21-27(23,24)14-15-6-2-1-3-7-15/h1-13,21-22H,14H2. The molecule has 2 N–H and O–H groups in total. The van der Waals surface area contributed by atoms with Gasteiger partial charge in [0.1, 0.15) is 0 Å². The first-order valence-corrected chi connectivity index (χ1v) is 11.7. The second-order valence-corrected chi connectivity index (χ2v) is 9.77. The van der Waals surface area contributed by atoms with Gasteiger partial charge >= 0.3 is 0 Å². The normalized spacial score (nSPS) is 11.8. The number of rotatable bonds is 7. The molecule has 146 valence electrons. The number of halogens is 1. The fourth-order valence-corrected chi connectivity index (χ4v) is 4.98. The van der Waals surface area contributed by atoms with E-state index < -0.39 is 20.0 Å². The minimum absolute atomic E-state index is 0.0153. The van der Waals surface area contributed by atoms with Crippen molar-refractivity contribution < 1.29 is 16.8 Å². The van der Waals surface area contributed by atoms with Gasteiger partial charge in [-0.2, -0.15) is 0 Å². The predicted molar refractivity (Wildman–Crippen MR) is 111 cm³/mol. The van der Waals surface area contributed by atoms with E-state index >= 15 is 0 Å². The van der Waals surface area contributed by atoms with Crippen LogP contribution >= 0.6 is 11.6 Å². The Morgan fingerprint density at radius 1 is 0.714 bits per heavy atom. The van der Waals surface area contributed by atoms with Crippen LogP contribution in [0.4, 0.5) is 11.4 Å². The molecule has 28 heavy (non-hydrogen) atoms. The summed E-state index contributed by atoms with van der Waals surface area (Å²) in [5, 5.41) is 0.274. The maximum absolute atomic E-state index is 12.5. The molecule has 6 nitrogen and oxygen atoms in total. The molecule has 0 atom stereocenters. The molecule has 0 unspecified atom stereocenters. The van der Waals surface area contributed by atoms with Crippen LogP contribution in [-0.4, -0.2) is 16.8 Å². The lowest BCUT2D eigenvalue weighted by Crippen LogP contribution is -2.16. The molecule has 9 heteroatoms. The molecule has 3 rings (SSSR count). The van der Waals surface area contributed by atoms with Gasteiger partial charge in [0.05, 0.1) is 21.4 Å². The molecule has 0 spiro atoms. The van der Waals surface area contributed by atoms with Crippen LogP contribution in [-0.2, 0) is 25.8 Å². The largest absolute Gasteiger partial charge is 0.283 e. The monoisotopic (exact) mass is 436 g/mol. The summed E-state index contributed by atoms with van der Waals surface area (Å²) >= 11 is 5.98. The highest BCUT2D eigenvalue weighted by atomic mass is 35.5. The summed E-state index contributed by atoms with van der Waals surface area (Å²) in [6, 6.07) is 20.7. The molecule has 0 heterocycles. The number of sulfonamides is 2. The fourth-order valence-electron chi connectivity index (χ4n) is 2.46. The summed E-state index contributed by atoms with van der Waals surface area (Å²) < 4.78 is 54.4. The smallest absolute Gasteiger partial charge is 0.261 e. The van der Waals surface area contributed by atoms with Crippen LogP contribution < -0.4 is 9.44 Å². The first kappa shape index (κ1) is 20.2. The van der Waals surface area contributed by atoms with Crippen molar-refractivity contribution in [1.82, 2.24) is 0 Å². The fraction of sp³-hybridized carbons (Fsp3) is 0.0526. The first-order valence-electron chi connectivity index (χ1n) is 8.17. The predicted octanol–water partition coefficient (Wildman–Crippen LogP) is 4.08. The Morgan fingerprint density at radius 3 is 1.96 bits per heavy atom. The molecular weight excluding hydrogens is 420 g/mol. The van der Waals surface area contributed by atoms with E-state index in [0.29, 0.717) is 5.56 Å². The molecule has 0 aliphatic carbocycles. The zero-order valence-electron chi connectivity index (χ0n) is 14.5. The average molecular weight is 437 g/mol. The van der Waals surface area contributed by atoms with E-state index in [1.165, 1.54) is 24.3 Å². The summed E-state index contributed by atoms with van der Waals surface area (Å²) in [7, 11) is -7.48. The van der Waals surface area contributed by atoms with Crippen LogP contribution in [0.1, 0.15) is 5.56 Å². The van der Waals surface area contributed by atoms with Gasteiger partial charge in [-0.05, 0) is 42.0 Å². The summed E-state index contributed by atoms with van der Waals surface area (Å²) in [5.41, 5.74) is 1.18. The van der Waals surface area contributed by atoms with Crippen LogP contribution in [0.2, 0.25) is 5.02 Å². The van der Waals surface area contributed by atoms with Crippen LogP contribution in [0.3, 0.4) is 0 Å². The first-order chi connectivity index (χ1) is 13.3. The highest BCUT2D eigenvalue weighted by molar-refractivity contribution is 7.92. The van der Waals surface area contributed by atoms with Gasteiger partial charge in [0.25, 0.3) is 10.0 Å². The second kappa shape index (κ2) is 8.22. The van der Waals surface area contributed by atoms with Crippen molar-refractivity contribution in [3.63, 3.8) is 0 Å².